The number of amides is 1. The molecule has 5 nitrogen and oxygen atoms in total. The smallest absolute Gasteiger partial charge is 0.232 e. The SMILES string of the molecule is CN(Cc1cnn(-c2ccccc2)c1)C(=O)CSCc1ccncc1. The number of carbonyl (C=O) groups excluding carboxylic acids is 1. The molecule has 1 aromatic carbocycles. The Bertz CT molecular complexity index is 805. The molecule has 2 heterocycles. The molecule has 0 unspecified atom stereocenters. The van der Waals surface area contributed by atoms with Gasteiger partial charge >= 0.3 is 0 Å². The van der Waals surface area contributed by atoms with E-state index in [2.05, 4.69) is 10.1 Å². The Morgan fingerprint density at radius 3 is 2.64 bits per heavy atom. The number of rotatable bonds is 7. The van der Waals surface area contributed by atoms with Crippen molar-refractivity contribution in [1.82, 2.24) is 19.7 Å². The molecule has 0 bridgehead atoms. The number of thioether (sulfide) groups is 1. The molecule has 128 valence electrons. The normalized spacial score (nSPS) is 10.6. The van der Waals surface area contributed by atoms with Crippen LogP contribution in [0.2, 0.25) is 0 Å². The van der Waals surface area contributed by atoms with Crippen molar-refractivity contribution in [2.24, 2.45) is 0 Å². The number of aromatic nitrogens is 3. The number of hydrogen-bond acceptors (Lipinski definition) is 4. The van der Waals surface area contributed by atoms with Crippen molar-refractivity contribution < 1.29 is 4.79 Å². The summed E-state index contributed by atoms with van der Waals surface area (Å²) in [6.45, 7) is 0.557. The van der Waals surface area contributed by atoms with Crippen molar-refractivity contribution >= 4 is 17.7 Å². The predicted molar refractivity (Wildman–Crippen MR) is 100 cm³/mol. The first-order chi connectivity index (χ1) is 12.2. The van der Waals surface area contributed by atoms with E-state index in [9.17, 15) is 4.79 Å². The van der Waals surface area contributed by atoms with Crippen molar-refractivity contribution in [1.29, 1.82) is 0 Å². The largest absolute Gasteiger partial charge is 0.341 e. The fourth-order valence-electron chi connectivity index (χ4n) is 2.37. The third-order valence-electron chi connectivity index (χ3n) is 3.75. The van der Waals surface area contributed by atoms with Crippen molar-refractivity contribution in [3.05, 3.63) is 78.4 Å². The zero-order valence-electron chi connectivity index (χ0n) is 14.1. The molecular weight excluding hydrogens is 332 g/mol. The quantitative estimate of drug-likeness (QED) is 0.655. The van der Waals surface area contributed by atoms with Gasteiger partial charge in [-0.25, -0.2) is 4.68 Å². The Labute approximate surface area is 151 Å². The van der Waals surface area contributed by atoms with Crippen LogP contribution < -0.4 is 0 Å². The highest BCUT2D eigenvalue weighted by molar-refractivity contribution is 7.99. The fraction of sp³-hybridized carbons (Fsp3) is 0.211. The lowest BCUT2D eigenvalue weighted by Crippen LogP contribution is -2.27. The first-order valence-electron chi connectivity index (χ1n) is 8.02. The van der Waals surface area contributed by atoms with Gasteiger partial charge in [0.1, 0.15) is 0 Å². The van der Waals surface area contributed by atoms with Crippen molar-refractivity contribution in [2.45, 2.75) is 12.3 Å². The average Bonchev–Trinajstić information content (AvgIpc) is 3.12. The summed E-state index contributed by atoms with van der Waals surface area (Å²) < 4.78 is 1.83. The summed E-state index contributed by atoms with van der Waals surface area (Å²) >= 11 is 1.62. The Kier molecular flexibility index (Phi) is 5.85. The number of nitrogens with zero attached hydrogens (tertiary/aromatic N) is 4. The molecular formula is C19H20N4OS. The topological polar surface area (TPSA) is 51.0 Å². The number of para-hydroxylation sites is 1. The van der Waals surface area contributed by atoms with Gasteiger partial charge in [-0.15, -0.1) is 11.8 Å². The van der Waals surface area contributed by atoms with Gasteiger partial charge in [-0.3, -0.25) is 9.78 Å². The lowest BCUT2D eigenvalue weighted by molar-refractivity contribution is -0.127. The molecule has 0 aliphatic heterocycles. The molecule has 0 fully saturated rings. The molecule has 0 atom stereocenters. The molecule has 6 heteroatoms. The van der Waals surface area contributed by atoms with Gasteiger partial charge in [0.15, 0.2) is 0 Å². The Balaban J connectivity index is 1.49. The number of benzene rings is 1. The highest BCUT2D eigenvalue weighted by Crippen LogP contribution is 2.13. The molecule has 0 aliphatic rings. The second-order valence-electron chi connectivity index (χ2n) is 5.73. The maximum atomic E-state index is 12.3. The van der Waals surface area contributed by atoms with Gasteiger partial charge in [0.2, 0.25) is 5.91 Å². The predicted octanol–water partition coefficient (Wildman–Crippen LogP) is 3.16. The zero-order chi connectivity index (χ0) is 17.5. The summed E-state index contributed by atoms with van der Waals surface area (Å²) in [6, 6.07) is 13.9. The van der Waals surface area contributed by atoms with E-state index in [-0.39, 0.29) is 5.91 Å². The van der Waals surface area contributed by atoms with Crippen LogP contribution in [0.5, 0.6) is 0 Å². The summed E-state index contributed by atoms with van der Waals surface area (Å²) in [5.74, 6) is 1.39. The first kappa shape index (κ1) is 17.2. The average molecular weight is 352 g/mol. The van der Waals surface area contributed by atoms with Gasteiger partial charge in [-0.05, 0) is 29.8 Å². The Morgan fingerprint density at radius 1 is 1.12 bits per heavy atom. The summed E-state index contributed by atoms with van der Waals surface area (Å²) in [5.41, 5.74) is 3.20. The van der Waals surface area contributed by atoms with Crippen molar-refractivity contribution in [3.63, 3.8) is 0 Å². The van der Waals surface area contributed by atoms with E-state index in [0.717, 1.165) is 17.0 Å². The fourth-order valence-corrected chi connectivity index (χ4v) is 3.30. The van der Waals surface area contributed by atoms with E-state index in [1.807, 2.05) is 60.4 Å². The zero-order valence-corrected chi connectivity index (χ0v) is 14.9. The maximum absolute atomic E-state index is 12.3. The second-order valence-corrected chi connectivity index (χ2v) is 6.71. The van der Waals surface area contributed by atoms with E-state index < -0.39 is 0 Å². The van der Waals surface area contributed by atoms with Crippen LogP contribution in [0.1, 0.15) is 11.1 Å². The standard InChI is InChI=1S/C19H20N4OS/c1-22(19(24)15-25-14-16-7-9-20-10-8-16)12-17-11-21-23(13-17)18-5-3-2-4-6-18/h2-11,13H,12,14-15H2,1H3. The maximum Gasteiger partial charge on any atom is 0.232 e. The molecule has 3 rings (SSSR count). The van der Waals surface area contributed by atoms with Crippen LogP contribution in [0, 0.1) is 0 Å². The molecule has 0 spiro atoms. The van der Waals surface area contributed by atoms with Crippen molar-refractivity contribution in [2.75, 3.05) is 12.8 Å². The lowest BCUT2D eigenvalue weighted by Gasteiger charge is -2.15. The molecule has 25 heavy (non-hydrogen) atoms. The highest BCUT2D eigenvalue weighted by Gasteiger charge is 2.11. The first-order valence-corrected chi connectivity index (χ1v) is 9.17. The van der Waals surface area contributed by atoms with Gasteiger partial charge in [0.05, 0.1) is 17.6 Å². The minimum Gasteiger partial charge on any atom is -0.341 e. The van der Waals surface area contributed by atoms with E-state index in [1.54, 1.807) is 35.3 Å². The minimum absolute atomic E-state index is 0.117. The van der Waals surface area contributed by atoms with Gasteiger partial charge in [-0.2, -0.15) is 5.10 Å². The van der Waals surface area contributed by atoms with Gasteiger partial charge in [0, 0.05) is 43.5 Å². The number of carbonyl (C=O) groups is 1. The van der Waals surface area contributed by atoms with E-state index in [0.29, 0.717) is 12.3 Å². The van der Waals surface area contributed by atoms with Crippen LogP contribution in [-0.4, -0.2) is 38.4 Å². The van der Waals surface area contributed by atoms with E-state index in [1.165, 1.54) is 5.56 Å². The van der Waals surface area contributed by atoms with E-state index in [4.69, 9.17) is 0 Å². The summed E-state index contributed by atoms with van der Waals surface area (Å²) in [6.07, 6.45) is 7.31. The minimum atomic E-state index is 0.117. The van der Waals surface area contributed by atoms with Gasteiger partial charge in [0.25, 0.3) is 0 Å². The molecule has 0 saturated carbocycles. The molecule has 0 saturated heterocycles. The number of hydrogen-bond donors (Lipinski definition) is 0. The summed E-state index contributed by atoms with van der Waals surface area (Å²) in [7, 11) is 1.83. The molecule has 3 aromatic rings. The van der Waals surface area contributed by atoms with Crippen LogP contribution in [0.15, 0.2) is 67.3 Å². The molecule has 2 aromatic heterocycles. The summed E-state index contributed by atoms with van der Waals surface area (Å²) in [5, 5.41) is 4.37. The van der Waals surface area contributed by atoms with Crippen LogP contribution >= 0.6 is 11.8 Å². The van der Waals surface area contributed by atoms with E-state index >= 15 is 0 Å². The van der Waals surface area contributed by atoms with Gasteiger partial charge in [-0.1, -0.05) is 18.2 Å². The van der Waals surface area contributed by atoms with Crippen LogP contribution in [0.3, 0.4) is 0 Å². The Morgan fingerprint density at radius 2 is 1.88 bits per heavy atom. The molecule has 0 N–H and O–H groups in total. The third kappa shape index (κ3) is 4.93. The second kappa shape index (κ2) is 8.48. The van der Waals surface area contributed by atoms with Crippen LogP contribution in [-0.2, 0) is 17.1 Å². The lowest BCUT2D eigenvalue weighted by atomic mass is 10.3. The van der Waals surface area contributed by atoms with Crippen molar-refractivity contribution in [3.8, 4) is 5.69 Å². The summed E-state index contributed by atoms with van der Waals surface area (Å²) in [4.78, 5) is 18.0. The van der Waals surface area contributed by atoms with Gasteiger partial charge < -0.3 is 4.90 Å². The van der Waals surface area contributed by atoms with Crippen LogP contribution in [0.25, 0.3) is 5.69 Å². The highest BCUT2D eigenvalue weighted by atomic mass is 32.2. The molecule has 0 radical (unpaired) electrons. The Hall–Kier alpha value is -2.60. The van der Waals surface area contributed by atoms with Crippen LogP contribution in [0.4, 0.5) is 0 Å². The third-order valence-corrected chi connectivity index (χ3v) is 4.73. The number of pyridine rings is 1. The molecule has 0 aliphatic carbocycles. The monoisotopic (exact) mass is 352 g/mol. The molecule has 1 amide bonds.